The van der Waals surface area contributed by atoms with Crippen LogP contribution >= 0.6 is 35.1 Å². The molecular weight excluding hydrogens is 475 g/mol. The Balaban J connectivity index is 1.59. The molecule has 0 aliphatic heterocycles. The Hall–Kier alpha value is -2.44. The monoisotopic (exact) mass is 498 g/mol. The molecule has 0 aliphatic rings. The fourth-order valence-electron chi connectivity index (χ4n) is 3.85. The number of rotatable bonds is 8. The fourth-order valence-corrected chi connectivity index (χ4v) is 4.79. The van der Waals surface area contributed by atoms with E-state index in [1.165, 1.54) is 0 Å². The Kier molecular flexibility index (Phi) is 7.66. The second-order valence-corrected chi connectivity index (χ2v) is 9.29. The zero-order valence-corrected chi connectivity index (χ0v) is 20.7. The standard InChI is InChI=1S/C26H24Cl2N2O2S/c1-17-23(13-14-29-33-22-10-3-18(16-27)4-11-22)24-15-21(32-2)9-12-25(24)30(17)26(31)19-5-7-20(28)8-6-19/h3-12,15,29H,13-14,16H2,1-2H3. The smallest absolute Gasteiger partial charge is 0.262 e. The van der Waals surface area contributed by atoms with Crippen molar-refractivity contribution in [2.24, 2.45) is 0 Å². The zero-order valence-electron chi connectivity index (χ0n) is 18.4. The lowest BCUT2D eigenvalue weighted by atomic mass is 10.1. The van der Waals surface area contributed by atoms with Gasteiger partial charge in [-0.25, -0.2) is 0 Å². The van der Waals surface area contributed by atoms with Crippen LogP contribution in [0.5, 0.6) is 5.75 Å². The number of carbonyl (C=O) groups excluding carboxylic acids is 1. The molecule has 7 heteroatoms. The Morgan fingerprint density at radius 2 is 1.79 bits per heavy atom. The summed E-state index contributed by atoms with van der Waals surface area (Å²) in [6, 6.07) is 21.0. The van der Waals surface area contributed by atoms with Crippen molar-refractivity contribution in [2.45, 2.75) is 24.1 Å². The average molecular weight is 499 g/mol. The van der Waals surface area contributed by atoms with Crippen LogP contribution in [0.4, 0.5) is 0 Å². The van der Waals surface area contributed by atoms with E-state index in [1.54, 1.807) is 47.9 Å². The van der Waals surface area contributed by atoms with Gasteiger partial charge in [0.2, 0.25) is 0 Å². The highest BCUT2D eigenvalue weighted by atomic mass is 35.5. The van der Waals surface area contributed by atoms with Gasteiger partial charge in [0.25, 0.3) is 5.91 Å². The third-order valence-electron chi connectivity index (χ3n) is 5.58. The molecule has 0 bridgehead atoms. The molecule has 3 aromatic carbocycles. The molecule has 170 valence electrons. The Morgan fingerprint density at radius 1 is 1.06 bits per heavy atom. The number of ether oxygens (including phenoxy) is 1. The number of alkyl halides is 1. The second kappa shape index (κ2) is 10.7. The van der Waals surface area contributed by atoms with Crippen LogP contribution in [-0.4, -0.2) is 24.1 Å². The molecule has 1 aromatic heterocycles. The average Bonchev–Trinajstić information content (AvgIpc) is 3.12. The number of carbonyl (C=O) groups is 1. The minimum Gasteiger partial charge on any atom is -0.497 e. The van der Waals surface area contributed by atoms with Crippen LogP contribution < -0.4 is 9.46 Å². The van der Waals surface area contributed by atoms with Crippen molar-refractivity contribution >= 4 is 52.0 Å². The first-order valence-corrected chi connectivity index (χ1v) is 12.3. The summed E-state index contributed by atoms with van der Waals surface area (Å²) in [4.78, 5) is 14.5. The lowest BCUT2D eigenvalue weighted by molar-refractivity contribution is 0.0963. The van der Waals surface area contributed by atoms with Gasteiger partial charge in [-0.2, -0.15) is 0 Å². The topological polar surface area (TPSA) is 43.3 Å². The van der Waals surface area contributed by atoms with Crippen molar-refractivity contribution < 1.29 is 9.53 Å². The maximum absolute atomic E-state index is 13.4. The number of hydrogen-bond acceptors (Lipinski definition) is 4. The van der Waals surface area contributed by atoms with E-state index in [-0.39, 0.29) is 5.91 Å². The first kappa shape index (κ1) is 23.7. The van der Waals surface area contributed by atoms with Gasteiger partial charge < -0.3 is 4.74 Å². The SMILES string of the molecule is COc1ccc2c(c1)c(CCNSc1ccc(CCl)cc1)c(C)n2C(=O)c1ccc(Cl)cc1. The first-order chi connectivity index (χ1) is 16.0. The van der Waals surface area contributed by atoms with Gasteiger partial charge in [-0.05, 0) is 91.0 Å². The molecule has 0 spiro atoms. The van der Waals surface area contributed by atoms with Crippen molar-refractivity contribution in [1.29, 1.82) is 0 Å². The minimum absolute atomic E-state index is 0.0766. The van der Waals surface area contributed by atoms with Gasteiger partial charge in [0.05, 0.1) is 12.6 Å². The molecule has 1 N–H and O–H groups in total. The normalized spacial score (nSPS) is 11.2. The lowest BCUT2D eigenvalue weighted by Crippen LogP contribution is -2.14. The van der Waals surface area contributed by atoms with E-state index in [2.05, 4.69) is 16.9 Å². The van der Waals surface area contributed by atoms with E-state index in [9.17, 15) is 4.79 Å². The largest absolute Gasteiger partial charge is 0.497 e. The van der Waals surface area contributed by atoms with Crippen LogP contribution in [0, 0.1) is 6.92 Å². The Bertz CT molecular complexity index is 1270. The van der Waals surface area contributed by atoms with Crippen molar-refractivity contribution in [3.05, 3.63) is 94.1 Å². The molecule has 0 saturated heterocycles. The summed E-state index contributed by atoms with van der Waals surface area (Å²) in [5.74, 6) is 1.20. The maximum Gasteiger partial charge on any atom is 0.262 e. The highest BCUT2D eigenvalue weighted by Crippen LogP contribution is 2.31. The molecule has 0 saturated carbocycles. The molecule has 4 nitrogen and oxygen atoms in total. The number of benzene rings is 3. The Morgan fingerprint density at radius 3 is 2.45 bits per heavy atom. The summed E-state index contributed by atoms with van der Waals surface area (Å²) in [5, 5.41) is 1.62. The van der Waals surface area contributed by atoms with Gasteiger partial charge in [-0.3, -0.25) is 14.1 Å². The van der Waals surface area contributed by atoms with Gasteiger partial charge >= 0.3 is 0 Å². The zero-order chi connectivity index (χ0) is 23.4. The summed E-state index contributed by atoms with van der Waals surface area (Å²) in [5.41, 5.74) is 4.61. The minimum atomic E-state index is -0.0766. The van der Waals surface area contributed by atoms with E-state index in [1.807, 2.05) is 37.3 Å². The number of nitrogens with one attached hydrogen (secondary N) is 1. The third kappa shape index (κ3) is 5.22. The van der Waals surface area contributed by atoms with Gasteiger partial charge in [0.15, 0.2) is 0 Å². The second-order valence-electron chi connectivity index (χ2n) is 7.62. The third-order valence-corrected chi connectivity index (χ3v) is 7.00. The highest BCUT2D eigenvalue weighted by Gasteiger charge is 2.20. The van der Waals surface area contributed by atoms with Crippen LogP contribution in [0.1, 0.15) is 27.2 Å². The van der Waals surface area contributed by atoms with Crippen molar-refractivity contribution in [2.75, 3.05) is 13.7 Å². The summed E-state index contributed by atoms with van der Waals surface area (Å²) in [6.45, 7) is 2.74. The van der Waals surface area contributed by atoms with Crippen LogP contribution in [0.3, 0.4) is 0 Å². The van der Waals surface area contributed by atoms with Crippen LogP contribution in [0.15, 0.2) is 71.6 Å². The molecule has 0 aliphatic carbocycles. The number of aromatic nitrogens is 1. The molecule has 0 amide bonds. The molecule has 0 radical (unpaired) electrons. The van der Waals surface area contributed by atoms with Gasteiger partial charge in [0, 0.05) is 39.0 Å². The van der Waals surface area contributed by atoms with Gasteiger partial charge in [0.1, 0.15) is 5.75 Å². The van der Waals surface area contributed by atoms with E-state index in [4.69, 9.17) is 27.9 Å². The number of methoxy groups -OCH3 is 1. The molecule has 33 heavy (non-hydrogen) atoms. The van der Waals surface area contributed by atoms with E-state index < -0.39 is 0 Å². The predicted octanol–water partition coefficient (Wildman–Crippen LogP) is 6.88. The van der Waals surface area contributed by atoms with Crippen molar-refractivity contribution in [1.82, 2.24) is 9.29 Å². The first-order valence-electron chi connectivity index (χ1n) is 10.5. The number of nitrogens with zero attached hydrogens (tertiary/aromatic N) is 1. The van der Waals surface area contributed by atoms with E-state index >= 15 is 0 Å². The molecule has 0 unspecified atom stereocenters. The van der Waals surface area contributed by atoms with Gasteiger partial charge in [-0.15, -0.1) is 11.6 Å². The molecular formula is C26H24Cl2N2O2S. The van der Waals surface area contributed by atoms with Crippen LogP contribution in [-0.2, 0) is 12.3 Å². The molecule has 0 fully saturated rings. The van der Waals surface area contributed by atoms with E-state index in [0.29, 0.717) is 16.5 Å². The summed E-state index contributed by atoms with van der Waals surface area (Å²) >= 11 is 13.5. The van der Waals surface area contributed by atoms with Crippen LogP contribution in [0.2, 0.25) is 5.02 Å². The summed E-state index contributed by atoms with van der Waals surface area (Å²) in [7, 11) is 1.65. The van der Waals surface area contributed by atoms with Crippen LogP contribution in [0.25, 0.3) is 10.9 Å². The Labute approximate surface area is 208 Å². The highest BCUT2D eigenvalue weighted by molar-refractivity contribution is 7.97. The maximum atomic E-state index is 13.4. The van der Waals surface area contributed by atoms with Crippen molar-refractivity contribution in [3.8, 4) is 5.75 Å². The van der Waals surface area contributed by atoms with E-state index in [0.717, 1.165) is 51.3 Å². The molecule has 0 atom stereocenters. The predicted molar refractivity (Wildman–Crippen MR) is 138 cm³/mol. The van der Waals surface area contributed by atoms with Gasteiger partial charge in [-0.1, -0.05) is 23.7 Å². The summed E-state index contributed by atoms with van der Waals surface area (Å²) in [6.07, 6.45) is 0.767. The molecule has 4 aromatic rings. The fraction of sp³-hybridized carbons (Fsp3) is 0.192. The molecule has 4 rings (SSSR count). The number of fused-ring (bicyclic) bond motifs is 1. The molecule has 1 heterocycles. The van der Waals surface area contributed by atoms with Crippen molar-refractivity contribution in [3.63, 3.8) is 0 Å². The number of halogens is 2. The summed E-state index contributed by atoms with van der Waals surface area (Å²) < 4.78 is 10.7. The number of hydrogen-bond donors (Lipinski definition) is 1. The quantitative estimate of drug-likeness (QED) is 0.163. The lowest BCUT2D eigenvalue weighted by Gasteiger charge is -2.08.